The Balaban J connectivity index is 2.48. The summed E-state index contributed by atoms with van der Waals surface area (Å²) in [6.45, 7) is 0. The lowest BCUT2D eigenvalue weighted by atomic mass is 10.1. The van der Waals surface area contributed by atoms with Crippen LogP contribution in [0.5, 0.6) is 0 Å². The third-order valence-corrected chi connectivity index (χ3v) is 3.22. The van der Waals surface area contributed by atoms with Gasteiger partial charge in [-0.3, -0.25) is 0 Å². The van der Waals surface area contributed by atoms with Gasteiger partial charge in [0.2, 0.25) is 0 Å². The molecule has 0 N–H and O–H groups in total. The van der Waals surface area contributed by atoms with Crippen molar-refractivity contribution in [1.82, 2.24) is 5.16 Å². The fraction of sp³-hybridized carbons (Fsp3) is 0.182. The number of aromatic nitrogens is 1. The van der Waals surface area contributed by atoms with Crippen LogP contribution in [-0.4, -0.2) is 5.16 Å². The topological polar surface area (TPSA) is 26.0 Å². The highest BCUT2D eigenvalue weighted by atomic mass is 79.9. The van der Waals surface area contributed by atoms with Crippen molar-refractivity contribution in [1.29, 1.82) is 0 Å². The third kappa shape index (κ3) is 2.95. The maximum absolute atomic E-state index is 12.7. The van der Waals surface area contributed by atoms with Gasteiger partial charge in [-0.1, -0.05) is 37.0 Å². The molecule has 1 heterocycles. The maximum Gasteiger partial charge on any atom is 0.416 e. The number of hydrogen-bond donors (Lipinski definition) is 0. The lowest BCUT2D eigenvalue weighted by Gasteiger charge is -2.08. The van der Waals surface area contributed by atoms with Crippen molar-refractivity contribution >= 4 is 31.9 Å². The van der Waals surface area contributed by atoms with E-state index in [0.29, 0.717) is 26.8 Å². The number of benzene rings is 1. The van der Waals surface area contributed by atoms with Gasteiger partial charge in [0.25, 0.3) is 0 Å². The van der Waals surface area contributed by atoms with Crippen molar-refractivity contribution in [3.05, 3.63) is 40.1 Å². The molecule has 0 aliphatic carbocycles. The summed E-state index contributed by atoms with van der Waals surface area (Å²) >= 11 is 6.24. The second-order valence-electron chi connectivity index (χ2n) is 3.54. The van der Waals surface area contributed by atoms with Crippen LogP contribution < -0.4 is 0 Å². The van der Waals surface area contributed by atoms with Gasteiger partial charge in [-0.25, -0.2) is 0 Å². The molecule has 7 heteroatoms. The summed E-state index contributed by atoms with van der Waals surface area (Å²) in [5, 5.41) is 4.19. The van der Waals surface area contributed by atoms with E-state index in [1.165, 1.54) is 0 Å². The zero-order valence-corrected chi connectivity index (χ0v) is 11.9. The zero-order chi connectivity index (χ0) is 13.3. The summed E-state index contributed by atoms with van der Waals surface area (Å²) in [5.74, 6) is 0.554. The molecule has 0 fully saturated rings. The van der Waals surface area contributed by atoms with Crippen LogP contribution in [0.3, 0.4) is 0 Å². The first kappa shape index (κ1) is 13.6. The zero-order valence-electron chi connectivity index (χ0n) is 8.76. The fourth-order valence-corrected chi connectivity index (χ4v) is 2.17. The van der Waals surface area contributed by atoms with E-state index in [-0.39, 0.29) is 0 Å². The minimum Gasteiger partial charge on any atom is -0.360 e. The maximum atomic E-state index is 12.7. The predicted molar refractivity (Wildman–Crippen MR) is 67.3 cm³/mol. The number of hydrogen-bond acceptors (Lipinski definition) is 2. The molecule has 0 aliphatic rings. The Kier molecular flexibility index (Phi) is 3.82. The summed E-state index contributed by atoms with van der Waals surface area (Å²) < 4.78 is 43.3. The molecule has 2 aromatic rings. The molecule has 2 nitrogen and oxygen atoms in total. The van der Waals surface area contributed by atoms with E-state index in [0.717, 1.165) is 12.1 Å². The Morgan fingerprint density at radius 2 is 1.89 bits per heavy atom. The largest absolute Gasteiger partial charge is 0.416 e. The van der Waals surface area contributed by atoms with E-state index < -0.39 is 11.7 Å². The van der Waals surface area contributed by atoms with E-state index in [4.69, 9.17) is 4.52 Å². The molecule has 2 rings (SSSR count). The van der Waals surface area contributed by atoms with E-state index in [2.05, 4.69) is 37.0 Å². The molecule has 0 amide bonds. The highest BCUT2D eigenvalue weighted by molar-refractivity contribution is 9.10. The Morgan fingerprint density at radius 1 is 1.17 bits per heavy atom. The van der Waals surface area contributed by atoms with Gasteiger partial charge in [-0.15, -0.1) is 0 Å². The van der Waals surface area contributed by atoms with Crippen LogP contribution in [-0.2, 0) is 11.5 Å². The Hall–Kier alpha value is -0.820. The Labute approximate surface area is 117 Å². The number of nitrogens with zero attached hydrogens (tertiary/aromatic N) is 1. The van der Waals surface area contributed by atoms with E-state index in [1.807, 2.05) is 0 Å². The van der Waals surface area contributed by atoms with E-state index in [9.17, 15) is 13.2 Å². The second-order valence-corrected chi connectivity index (χ2v) is 5.01. The quantitative estimate of drug-likeness (QED) is 0.679. The molecule has 1 aromatic heterocycles. The van der Waals surface area contributed by atoms with Crippen LogP contribution in [0.15, 0.2) is 33.3 Å². The summed E-state index contributed by atoms with van der Waals surface area (Å²) in [6, 6.07) is 5.22. The van der Waals surface area contributed by atoms with Crippen LogP contribution >= 0.6 is 31.9 Å². The van der Waals surface area contributed by atoms with E-state index in [1.54, 1.807) is 12.1 Å². The van der Waals surface area contributed by atoms with Gasteiger partial charge in [0, 0.05) is 16.1 Å². The molecule has 1 aromatic carbocycles. The van der Waals surface area contributed by atoms with Gasteiger partial charge in [-0.2, -0.15) is 13.2 Å². The molecule has 0 radical (unpaired) electrons. The minimum absolute atomic E-state index is 0.343. The summed E-state index contributed by atoms with van der Waals surface area (Å²) in [6.07, 6.45) is -4.39. The molecule has 0 saturated heterocycles. The number of halogens is 5. The number of alkyl halides is 4. The second kappa shape index (κ2) is 5.05. The average Bonchev–Trinajstić information content (AvgIpc) is 2.75. The molecule has 18 heavy (non-hydrogen) atoms. The molecule has 96 valence electrons. The molecule has 0 bridgehead atoms. The van der Waals surface area contributed by atoms with Gasteiger partial charge in [0.15, 0.2) is 0 Å². The first-order valence-corrected chi connectivity index (χ1v) is 6.71. The van der Waals surface area contributed by atoms with Crippen molar-refractivity contribution in [2.45, 2.75) is 11.5 Å². The SMILES string of the molecule is FC(F)(F)c1cc(Br)cc(-c2cc(CBr)on2)c1. The van der Waals surface area contributed by atoms with Crippen LogP contribution in [0.25, 0.3) is 11.3 Å². The minimum atomic E-state index is -4.39. The summed E-state index contributed by atoms with van der Waals surface area (Å²) in [7, 11) is 0. The molecule has 0 spiro atoms. The normalized spacial score (nSPS) is 11.8. The van der Waals surface area contributed by atoms with Crippen molar-refractivity contribution < 1.29 is 17.7 Å². The van der Waals surface area contributed by atoms with Gasteiger partial charge in [-0.05, 0) is 18.2 Å². The van der Waals surface area contributed by atoms with Crippen LogP contribution in [0, 0.1) is 0 Å². The molecular weight excluding hydrogens is 379 g/mol. The van der Waals surface area contributed by atoms with Crippen molar-refractivity contribution in [3.8, 4) is 11.3 Å². The van der Waals surface area contributed by atoms with Crippen LogP contribution in [0.2, 0.25) is 0 Å². The summed E-state index contributed by atoms with van der Waals surface area (Å²) in [5.41, 5.74) is -0.000771. The fourth-order valence-electron chi connectivity index (χ4n) is 1.41. The van der Waals surface area contributed by atoms with Gasteiger partial charge in [0.05, 0.1) is 10.9 Å². The highest BCUT2D eigenvalue weighted by Gasteiger charge is 2.31. The molecule has 0 unspecified atom stereocenters. The van der Waals surface area contributed by atoms with E-state index >= 15 is 0 Å². The Bertz CT molecular complexity index is 566. The molecular formula is C11H6Br2F3NO. The van der Waals surface area contributed by atoms with Crippen LogP contribution in [0.1, 0.15) is 11.3 Å². The lowest BCUT2D eigenvalue weighted by Crippen LogP contribution is -2.04. The molecule has 0 aliphatic heterocycles. The van der Waals surface area contributed by atoms with Crippen molar-refractivity contribution in [3.63, 3.8) is 0 Å². The predicted octanol–water partition coefficient (Wildman–Crippen LogP) is 5.02. The Morgan fingerprint density at radius 3 is 2.44 bits per heavy atom. The number of rotatable bonds is 2. The smallest absolute Gasteiger partial charge is 0.360 e. The third-order valence-electron chi connectivity index (χ3n) is 2.21. The summed E-state index contributed by atoms with van der Waals surface area (Å²) in [4.78, 5) is 0. The molecule has 0 saturated carbocycles. The monoisotopic (exact) mass is 383 g/mol. The van der Waals surface area contributed by atoms with Gasteiger partial charge in [0.1, 0.15) is 11.5 Å². The van der Waals surface area contributed by atoms with Crippen molar-refractivity contribution in [2.75, 3.05) is 0 Å². The standard InChI is InChI=1S/C11H6Br2F3NO/c12-5-9-4-10(17-18-9)6-1-7(11(14,15)16)3-8(13)2-6/h1-4H,5H2. The van der Waals surface area contributed by atoms with Gasteiger partial charge < -0.3 is 4.52 Å². The lowest BCUT2D eigenvalue weighted by molar-refractivity contribution is -0.137. The first-order chi connectivity index (χ1) is 8.40. The van der Waals surface area contributed by atoms with Gasteiger partial charge >= 0.3 is 6.18 Å². The average molecular weight is 385 g/mol. The highest BCUT2D eigenvalue weighted by Crippen LogP contribution is 2.34. The van der Waals surface area contributed by atoms with Crippen LogP contribution in [0.4, 0.5) is 13.2 Å². The molecule has 0 atom stereocenters. The van der Waals surface area contributed by atoms with Crippen molar-refractivity contribution in [2.24, 2.45) is 0 Å². The first-order valence-electron chi connectivity index (χ1n) is 4.80.